The van der Waals surface area contributed by atoms with E-state index in [1.54, 1.807) is 13.2 Å². The van der Waals surface area contributed by atoms with Crippen LogP contribution in [0.15, 0.2) is 78.0 Å². The molecule has 0 aliphatic carbocycles. The Morgan fingerprint density at radius 1 is 1.04 bits per heavy atom. The van der Waals surface area contributed by atoms with Crippen LogP contribution in [0.1, 0.15) is 24.0 Å². The zero-order valence-electron chi connectivity index (χ0n) is 15.7. The van der Waals surface area contributed by atoms with Crippen molar-refractivity contribution in [3.8, 4) is 5.69 Å². The van der Waals surface area contributed by atoms with Crippen LogP contribution in [0.5, 0.6) is 0 Å². The highest BCUT2D eigenvalue weighted by Crippen LogP contribution is 2.13. The first kappa shape index (κ1) is 21.0. The molecule has 142 valence electrons. The predicted molar refractivity (Wildman–Crippen MR) is 122 cm³/mol. The first-order chi connectivity index (χ1) is 12.8. The van der Waals surface area contributed by atoms with E-state index in [-0.39, 0.29) is 24.0 Å². The van der Waals surface area contributed by atoms with Gasteiger partial charge in [-0.2, -0.15) is 5.10 Å². The molecule has 27 heavy (non-hydrogen) atoms. The van der Waals surface area contributed by atoms with Gasteiger partial charge in [-0.1, -0.05) is 49.4 Å². The van der Waals surface area contributed by atoms with E-state index in [9.17, 15) is 0 Å². The second-order valence-corrected chi connectivity index (χ2v) is 6.24. The first-order valence-electron chi connectivity index (χ1n) is 8.84. The monoisotopic (exact) mass is 475 g/mol. The molecule has 0 radical (unpaired) electrons. The first-order valence-corrected chi connectivity index (χ1v) is 8.84. The molecule has 1 unspecified atom stereocenters. The Hall–Kier alpha value is -2.35. The molecule has 2 N–H and O–H groups in total. The lowest BCUT2D eigenvalue weighted by molar-refractivity contribution is 0.699. The minimum absolute atomic E-state index is 0. The summed E-state index contributed by atoms with van der Waals surface area (Å²) < 4.78 is 1.85. The fourth-order valence-electron chi connectivity index (χ4n) is 2.74. The number of aromatic nitrogens is 2. The highest BCUT2D eigenvalue weighted by molar-refractivity contribution is 14.0. The zero-order chi connectivity index (χ0) is 18.2. The van der Waals surface area contributed by atoms with Gasteiger partial charge in [-0.3, -0.25) is 4.99 Å². The molecule has 0 fully saturated rings. The van der Waals surface area contributed by atoms with Gasteiger partial charge in [0, 0.05) is 32.5 Å². The Kier molecular flexibility index (Phi) is 8.32. The summed E-state index contributed by atoms with van der Waals surface area (Å²) >= 11 is 0. The predicted octanol–water partition coefficient (Wildman–Crippen LogP) is 3.96. The molecule has 6 heteroatoms. The zero-order valence-corrected chi connectivity index (χ0v) is 18.0. The van der Waals surface area contributed by atoms with E-state index >= 15 is 0 Å². The van der Waals surface area contributed by atoms with Gasteiger partial charge in [-0.25, -0.2) is 4.68 Å². The number of hydrogen-bond acceptors (Lipinski definition) is 2. The fourth-order valence-corrected chi connectivity index (χ4v) is 2.74. The molecule has 0 spiro atoms. The molecule has 0 saturated carbocycles. The average Bonchev–Trinajstić information content (AvgIpc) is 3.24. The minimum Gasteiger partial charge on any atom is -0.356 e. The third-order valence-electron chi connectivity index (χ3n) is 4.33. The summed E-state index contributed by atoms with van der Waals surface area (Å²) in [4.78, 5) is 4.31. The van der Waals surface area contributed by atoms with E-state index in [1.807, 2.05) is 23.0 Å². The lowest BCUT2D eigenvalue weighted by Crippen LogP contribution is -2.38. The summed E-state index contributed by atoms with van der Waals surface area (Å²) in [5, 5.41) is 11.0. The Morgan fingerprint density at radius 3 is 2.41 bits per heavy atom. The average molecular weight is 475 g/mol. The molecule has 1 aromatic heterocycles. The van der Waals surface area contributed by atoms with Crippen LogP contribution < -0.4 is 10.6 Å². The maximum Gasteiger partial charge on any atom is 0.191 e. The van der Waals surface area contributed by atoms with E-state index in [0.29, 0.717) is 5.92 Å². The fraction of sp³-hybridized carbons (Fsp3) is 0.238. The number of benzene rings is 2. The number of nitrogens with zero attached hydrogens (tertiary/aromatic N) is 3. The molecule has 3 rings (SSSR count). The van der Waals surface area contributed by atoms with Crippen LogP contribution in [-0.4, -0.2) is 29.3 Å². The molecule has 1 atom stereocenters. The third-order valence-corrected chi connectivity index (χ3v) is 4.33. The lowest BCUT2D eigenvalue weighted by Gasteiger charge is -2.16. The molecule has 1 heterocycles. The highest BCUT2D eigenvalue weighted by atomic mass is 127. The van der Waals surface area contributed by atoms with Crippen LogP contribution in [-0.2, 0) is 6.54 Å². The second kappa shape index (κ2) is 10.7. The minimum atomic E-state index is 0. The van der Waals surface area contributed by atoms with Crippen molar-refractivity contribution in [2.24, 2.45) is 4.99 Å². The summed E-state index contributed by atoms with van der Waals surface area (Å²) in [6, 6.07) is 20.8. The van der Waals surface area contributed by atoms with Gasteiger partial charge in [0.05, 0.1) is 5.69 Å². The number of aliphatic imine (C=N–C) groups is 1. The largest absolute Gasteiger partial charge is 0.356 e. The molecule has 0 aliphatic heterocycles. The Labute approximate surface area is 177 Å². The summed E-state index contributed by atoms with van der Waals surface area (Å²) in [6.07, 6.45) is 3.72. The van der Waals surface area contributed by atoms with Crippen molar-refractivity contribution < 1.29 is 0 Å². The summed E-state index contributed by atoms with van der Waals surface area (Å²) in [5.41, 5.74) is 3.57. The van der Waals surface area contributed by atoms with E-state index in [4.69, 9.17) is 0 Å². The lowest BCUT2D eigenvalue weighted by atomic mass is 10.0. The van der Waals surface area contributed by atoms with Gasteiger partial charge in [0.1, 0.15) is 0 Å². The Bertz CT molecular complexity index is 814. The van der Waals surface area contributed by atoms with Crippen LogP contribution >= 0.6 is 24.0 Å². The van der Waals surface area contributed by atoms with Crippen LogP contribution in [0, 0.1) is 0 Å². The third kappa shape index (κ3) is 6.09. The van der Waals surface area contributed by atoms with Crippen LogP contribution in [0.2, 0.25) is 0 Å². The van der Waals surface area contributed by atoms with Crippen molar-refractivity contribution in [1.29, 1.82) is 0 Å². The second-order valence-electron chi connectivity index (χ2n) is 6.24. The quantitative estimate of drug-likeness (QED) is 0.323. The SMILES string of the molecule is CN=C(NCc1ccc(-n2cccn2)cc1)NCC(C)c1ccccc1.I. The van der Waals surface area contributed by atoms with Crippen LogP contribution in [0.25, 0.3) is 5.69 Å². The topological polar surface area (TPSA) is 54.2 Å². The molecule has 0 saturated heterocycles. The number of nitrogens with one attached hydrogen (secondary N) is 2. The van der Waals surface area contributed by atoms with Crippen molar-refractivity contribution in [3.63, 3.8) is 0 Å². The summed E-state index contributed by atoms with van der Waals surface area (Å²) in [7, 11) is 1.79. The van der Waals surface area contributed by atoms with Gasteiger partial charge in [-0.15, -0.1) is 24.0 Å². The summed E-state index contributed by atoms with van der Waals surface area (Å²) in [6.45, 7) is 3.77. The van der Waals surface area contributed by atoms with E-state index in [1.165, 1.54) is 11.1 Å². The number of halogens is 1. The molecule has 0 aliphatic rings. The number of hydrogen-bond donors (Lipinski definition) is 2. The molecular formula is C21H26IN5. The maximum atomic E-state index is 4.31. The number of guanidine groups is 1. The maximum absolute atomic E-state index is 4.31. The Morgan fingerprint density at radius 2 is 1.78 bits per heavy atom. The van der Waals surface area contributed by atoms with Gasteiger partial charge < -0.3 is 10.6 Å². The molecule has 5 nitrogen and oxygen atoms in total. The highest BCUT2D eigenvalue weighted by Gasteiger charge is 2.06. The van der Waals surface area contributed by atoms with Crippen LogP contribution in [0.3, 0.4) is 0 Å². The van der Waals surface area contributed by atoms with E-state index in [0.717, 1.165) is 24.7 Å². The molecule has 0 amide bonds. The van der Waals surface area contributed by atoms with Gasteiger partial charge >= 0.3 is 0 Å². The van der Waals surface area contributed by atoms with Crippen LogP contribution in [0.4, 0.5) is 0 Å². The molecule has 0 bridgehead atoms. The molecule has 2 aromatic carbocycles. The van der Waals surface area contributed by atoms with Crippen molar-refractivity contribution >= 4 is 29.9 Å². The summed E-state index contributed by atoms with van der Waals surface area (Å²) in [5.74, 6) is 1.23. The normalized spacial score (nSPS) is 12.1. The van der Waals surface area contributed by atoms with Gasteiger partial charge in [0.15, 0.2) is 5.96 Å². The van der Waals surface area contributed by atoms with E-state index < -0.39 is 0 Å². The van der Waals surface area contributed by atoms with Crippen molar-refractivity contribution in [3.05, 3.63) is 84.2 Å². The van der Waals surface area contributed by atoms with E-state index in [2.05, 4.69) is 76.2 Å². The Balaban J connectivity index is 0.00000261. The number of rotatable bonds is 6. The smallest absolute Gasteiger partial charge is 0.191 e. The van der Waals surface area contributed by atoms with Crippen molar-refractivity contribution in [2.45, 2.75) is 19.4 Å². The van der Waals surface area contributed by atoms with Crippen molar-refractivity contribution in [2.75, 3.05) is 13.6 Å². The van der Waals surface area contributed by atoms with Crippen molar-refractivity contribution in [1.82, 2.24) is 20.4 Å². The van der Waals surface area contributed by atoms with Gasteiger partial charge in [-0.05, 0) is 35.2 Å². The molecular weight excluding hydrogens is 449 g/mol. The van der Waals surface area contributed by atoms with Gasteiger partial charge in [0.25, 0.3) is 0 Å². The molecule has 3 aromatic rings. The standard InChI is InChI=1S/C21H25N5.HI/c1-17(19-7-4-3-5-8-19)15-23-21(22-2)24-16-18-9-11-20(12-10-18)26-14-6-13-25-26;/h3-14,17H,15-16H2,1-2H3,(H2,22,23,24);1H. The van der Waals surface area contributed by atoms with Gasteiger partial charge in [0.2, 0.25) is 0 Å².